The summed E-state index contributed by atoms with van der Waals surface area (Å²) in [5, 5.41) is 13.2. The second kappa shape index (κ2) is 5.41. The van der Waals surface area contributed by atoms with E-state index in [9.17, 15) is 4.79 Å². The van der Waals surface area contributed by atoms with Crippen LogP contribution in [0.2, 0.25) is 0 Å². The van der Waals surface area contributed by atoms with E-state index in [0.29, 0.717) is 17.5 Å². The molecule has 0 amide bonds. The van der Waals surface area contributed by atoms with Gasteiger partial charge in [0.1, 0.15) is 18.1 Å². The third kappa shape index (κ3) is 2.29. The highest BCUT2D eigenvalue weighted by atomic mass is 16.1. The van der Waals surface area contributed by atoms with Crippen molar-refractivity contribution in [1.29, 1.82) is 5.26 Å². The molecule has 5 heteroatoms. The fourth-order valence-corrected chi connectivity index (χ4v) is 2.55. The molecule has 108 valence electrons. The minimum absolute atomic E-state index is 0.0234. The second-order valence-electron chi connectivity index (χ2n) is 5.22. The molecule has 0 aliphatic carbocycles. The number of rotatable bonds is 3. The molecular formula is C16H18N4O. The summed E-state index contributed by atoms with van der Waals surface area (Å²) in [6, 6.07) is 4.11. The predicted molar refractivity (Wildman–Crippen MR) is 82.0 cm³/mol. The molecule has 0 atom stereocenters. The number of aryl methyl sites for hydroxylation is 2. The lowest BCUT2D eigenvalue weighted by molar-refractivity contribution is 0.112. The predicted octanol–water partition coefficient (Wildman–Crippen LogP) is 2.70. The van der Waals surface area contributed by atoms with Gasteiger partial charge in [-0.3, -0.25) is 4.79 Å². The number of aromatic nitrogens is 2. The molecule has 0 bridgehead atoms. The monoisotopic (exact) mass is 282 g/mol. The van der Waals surface area contributed by atoms with Crippen molar-refractivity contribution >= 4 is 12.1 Å². The van der Waals surface area contributed by atoms with E-state index < -0.39 is 0 Å². The fourth-order valence-electron chi connectivity index (χ4n) is 2.55. The summed E-state index contributed by atoms with van der Waals surface area (Å²) in [4.78, 5) is 11.4. The Kier molecular flexibility index (Phi) is 3.81. The summed E-state index contributed by atoms with van der Waals surface area (Å²) < 4.78 is 1.37. The van der Waals surface area contributed by atoms with Crippen LogP contribution in [0.1, 0.15) is 32.6 Å². The topological polar surface area (TPSA) is 84.7 Å². The van der Waals surface area contributed by atoms with Gasteiger partial charge in [-0.25, -0.2) is 4.68 Å². The molecule has 0 unspecified atom stereocenters. The van der Waals surface area contributed by atoms with Crippen molar-refractivity contribution in [2.45, 2.75) is 34.2 Å². The Morgan fingerprint density at radius 2 is 1.86 bits per heavy atom. The normalized spacial score (nSPS) is 10.4. The molecule has 0 saturated heterocycles. The number of hydrogen-bond donors (Lipinski definition) is 1. The maximum Gasteiger partial charge on any atom is 0.156 e. The highest BCUT2D eigenvalue weighted by molar-refractivity contribution is 5.93. The van der Waals surface area contributed by atoms with Crippen molar-refractivity contribution in [3.8, 4) is 17.3 Å². The van der Waals surface area contributed by atoms with Crippen LogP contribution >= 0.6 is 0 Å². The van der Waals surface area contributed by atoms with E-state index in [1.54, 1.807) is 0 Å². The van der Waals surface area contributed by atoms with Crippen molar-refractivity contribution in [1.82, 2.24) is 9.78 Å². The van der Waals surface area contributed by atoms with Gasteiger partial charge in [0.25, 0.3) is 0 Å². The molecule has 0 fully saturated rings. The summed E-state index contributed by atoms with van der Waals surface area (Å²) in [6.45, 7) is 8.09. The van der Waals surface area contributed by atoms with Crippen LogP contribution in [0.25, 0.3) is 11.3 Å². The number of benzene rings is 1. The van der Waals surface area contributed by atoms with Crippen LogP contribution in [0.15, 0.2) is 6.07 Å². The van der Waals surface area contributed by atoms with Crippen LogP contribution in [0.5, 0.6) is 0 Å². The number of carbonyl (C=O) groups excluding carboxylic acids is 1. The first-order chi connectivity index (χ1) is 9.92. The summed E-state index contributed by atoms with van der Waals surface area (Å²) in [6.07, 6.45) is 0.710. The Morgan fingerprint density at radius 3 is 2.33 bits per heavy atom. The maximum atomic E-state index is 11.4. The fraction of sp³-hybridized carbons (Fsp3) is 0.312. The average molecular weight is 282 g/mol. The number of anilines is 1. The van der Waals surface area contributed by atoms with Gasteiger partial charge in [-0.05, 0) is 49.9 Å². The van der Waals surface area contributed by atoms with Crippen molar-refractivity contribution in [3.05, 3.63) is 33.9 Å². The second-order valence-corrected chi connectivity index (χ2v) is 5.22. The Morgan fingerprint density at radius 1 is 1.29 bits per heavy atom. The maximum absolute atomic E-state index is 11.4. The molecule has 0 aliphatic heterocycles. The number of nitrogens with two attached hydrogens (primary N) is 1. The van der Waals surface area contributed by atoms with Gasteiger partial charge >= 0.3 is 0 Å². The Bertz CT molecular complexity index is 740. The molecule has 2 aromatic rings. The van der Waals surface area contributed by atoms with E-state index in [1.807, 2.05) is 33.8 Å². The van der Waals surface area contributed by atoms with E-state index in [-0.39, 0.29) is 12.4 Å². The molecule has 2 rings (SSSR count). The minimum atomic E-state index is 0.0234. The number of hydrogen-bond acceptors (Lipinski definition) is 4. The van der Waals surface area contributed by atoms with Gasteiger partial charge in [-0.15, -0.1) is 0 Å². The van der Waals surface area contributed by atoms with E-state index in [4.69, 9.17) is 11.0 Å². The molecule has 2 N–H and O–H groups in total. The summed E-state index contributed by atoms with van der Waals surface area (Å²) in [5.74, 6) is 0.236. The highest BCUT2D eigenvalue weighted by Crippen LogP contribution is 2.34. The van der Waals surface area contributed by atoms with Crippen molar-refractivity contribution in [2.24, 2.45) is 0 Å². The van der Waals surface area contributed by atoms with Crippen LogP contribution in [-0.4, -0.2) is 16.1 Å². The molecule has 0 saturated carbocycles. The van der Waals surface area contributed by atoms with Crippen LogP contribution in [0.3, 0.4) is 0 Å². The van der Waals surface area contributed by atoms with Crippen LogP contribution in [-0.2, 0) is 6.54 Å². The lowest BCUT2D eigenvalue weighted by atomic mass is 9.91. The quantitative estimate of drug-likeness (QED) is 0.877. The van der Waals surface area contributed by atoms with E-state index >= 15 is 0 Å². The molecular weight excluding hydrogens is 264 g/mol. The number of aldehydes is 1. The molecule has 1 aromatic heterocycles. The van der Waals surface area contributed by atoms with Crippen molar-refractivity contribution < 1.29 is 4.79 Å². The van der Waals surface area contributed by atoms with Gasteiger partial charge in [0, 0.05) is 5.56 Å². The van der Waals surface area contributed by atoms with Gasteiger partial charge in [0.15, 0.2) is 6.29 Å². The third-order valence-corrected chi connectivity index (χ3v) is 3.97. The summed E-state index contributed by atoms with van der Waals surface area (Å²) in [5.41, 5.74) is 12.2. The van der Waals surface area contributed by atoms with E-state index in [2.05, 4.69) is 11.2 Å². The SMILES string of the molecule is Cc1cc(C)c(C)c(-c2nn(CC#N)c(N)c2C=O)c1C. The van der Waals surface area contributed by atoms with Crippen LogP contribution in [0.4, 0.5) is 5.82 Å². The number of carbonyl (C=O) groups is 1. The zero-order valence-corrected chi connectivity index (χ0v) is 12.7. The third-order valence-electron chi connectivity index (χ3n) is 3.97. The Balaban J connectivity index is 2.82. The van der Waals surface area contributed by atoms with Gasteiger partial charge < -0.3 is 5.73 Å². The highest BCUT2D eigenvalue weighted by Gasteiger charge is 2.21. The Labute approximate surface area is 124 Å². The number of nitrogen functional groups attached to an aromatic ring is 1. The largest absolute Gasteiger partial charge is 0.383 e. The van der Waals surface area contributed by atoms with Gasteiger partial charge in [0.2, 0.25) is 0 Å². The molecule has 1 heterocycles. The van der Waals surface area contributed by atoms with E-state index in [1.165, 1.54) is 4.68 Å². The molecule has 0 spiro atoms. The number of nitrogens with zero attached hydrogens (tertiary/aromatic N) is 3. The molecule has 5 nitrogen and oxygen atoms in total. The van der Waals surface area contributed by atoms with Gasteiger partial charge in [-0.2, -0.15) is 10.4 Å². The van der Waals surface area contributed by atoms with Crippen molar-refractivity contribution in [2.75, 3.05) is 5.73 Å². The lowest BCUT2D eigenvalue weighted by Crippen LogP contribution is -2.03. The zero-order valence-electron chi connectivity index (χ0n) is 12.7. The zero-order chi connectivity index (χ0) is 15.7. The summed E-state index contributed by atoms with van der Waals surface area (Å²) in [7, 11) is 0. The van der Waals surface area contributed by atoms with Crippen LogP contribution in [0, 0.1) is 39.0 Å². The molecule has 1 aromatic carbocycles. The van der Waals surface area contributed by atoms with E-state index in [0.717, 1.165) is 27.8 Å². The minimum Gasteiger partial charge on any atom is -0.383 e. The molecule has 0 aliphatic rings. The molecule has 0 radical (unpaired) electrons. The first kappa shape index (κ1) is 14.8. The van der Waals surface area contributed by atoms with Gasteiger partial charge in [-0.1, -0.05) is 6.07 Å². The summed E-state index contributed by atoms with van der Waals surface area (Å²) >= 11 is 0. The lowest BCUT2D eigenvalue weighted by Gasteiger charge is -2.14. The average Bonchev–Trinajstić information content (AvgIpc) is 2.74. The van der Waals surface area contributed by atoms with Gasteiger partial charge in [0.05, 0.1) is 11.6 Å². The molecule has 21 heavy (non-hydrogen) atoms. The van der Waals surface area contributed by atoms with Crippen LogP contribution < -0.4 is 5.73 Å². The first-order valence-corrected chi connectivity index (χ1v) is 6.68. The number of nitriles is 1. The van der Waals surface area contributed by atoms with Crippen molar-refractivity contribution in [3.63, 3.8) is 0 Å². The smallest absolute Gasteiger partial charge is 0.156 e. The Hall–Kier alpha value is -2.61. The standard InChI is InChI=1S/C16H18N4O/c1-9-7-10(2)12(4)14(11(9)3)15-13(8-21)16(18)20(19-15)6-5-17/h7-8H,6,18H2,1-4H3. The first-order valence-electron chi connectivity index (χ1n) is 6.68.